The van der Waals surface area contributed by atoms with Gasteiger partial charge in [0.15, 0.2) is 0 Å². The zero-order valence-electron chi connectivity index (χ0n) is 20.7. The Morgan fingerprint density at radius 2 is 1.71 bits per heavy atom. The number of aromatic nitrogens is 4. The second kappa shape index (κ2) is 10.8. The average Bonchev–Trinajstić information content (AvgIpc) is 3.64. The number of amidine groups is 1. The molecule has 0 atom stereocenters. The van der Waals surface area contributed by atoms with Gasteiger partial charge in [0.1, 0.15) is 11.4 Å². The van der Waals surface area contributed by atoms with E-state index in [9.17, 15) is 0 Å². The van der Waals surface area contributed by atoms with Crippen molar-refractivity contribution >= 4 is 5.84 Å². The Balaban J connectivity index is 0.00000133. The van der Waals surface area contributed by atoms with Gasteiger partial charge in [-0.2, -0.15) is 5.21 Å². The fraction of sp³-hybridized carbons (Fsp3) is 0.429. The molecule has 1 aliphatic carbocycles. The van der Waals surface area contributed by atoms with Crippen LogP contribution < -0.4 is 0 Å². The van der Waals surface area contributed by atoms with Crippen LogP contribution in [0, 0.1) is 0 Å². The van der Waals surface area contributed by atoms with Crippen LogP contribution in [0.5, 0.6) is 0 Å². The van der Waals surface area contributed by atoms with Crippen LogP contribution in [0.15, 0.2) is 65.8 Å². The van der Waals surface area contributed by atoms with Gasteiger partial charge >= 0.3 is 0 Å². The van der Waals surface area contributed by atoms with E-state index < -0.39 is 0 Å². The van der Waals surface area contributed by atoms with E-state index in [1.165, 1.54) is 42.8 Å². The zero-order valence-corrected chi connectivity index (χ0v) is 20.7. The van der Waals surface area contributed by atoms with Crippen LogP contribution in [0.25, 0.3) is 22.5 Å². The lowest BCUT2D eigenvalue weighted by atomic mass is 9.95. The predicted octanol–water partition coefficient (Wildman–Crippen LogP) is 6.79. The minimum atomic E-state index is -0.0352. The smallest absolute Gasteiger partial charge is 0.205 e. The van der Waals surface area contributed by atoms with Crippen molar-refractivity contribution in [3.05, 3.63) is 66.4 Å². The van der Waals surface area contributed by atoms with Gasteiger partial charge in [-0.3, -0.25) is 4.99 Å². The summed E-state index contributed by atoms with van der Waals surface area (Å²) >= 11 is 0. The number of hydrogen-bond donors (Lipinski definition) is 1. The van der Waals surface area contributed by atoms with Crippen LogP contribution in [0.1, 0.15) is 71.3 Å². The monoisotopic (exact) mass is 456 g/mol. The van der Waals surface area contributed by atoms with Gasteiger partial charge in [0.25, 0.3) is 0 Å². The molecule has 3 aromatic rings. The van der Waals surface area contributed by atoms with Gasteiger partial charge < -0.3 is 4.90 Å². The van der Waals surface area contributed by atoms with E-state index in [0.29, 0.717) is 5.82 Å². The molecule has 2 aliphatic rings. The largest absolute Gasteiger partial charge is 0.328 e. The van der Waals surface area contributed by atoms with E-state index in [0.717, 1.165) is 42.5 Å². The van der Waals surface area contributed by atoms with Crippen molar-refractivity contribution in [1.29, 1.82) is 0 Å². The second-order valence-electron chi connectivity index (χ2n) is 8.88. The van der Waals surface area contributed by atoms with Crippen molar-refractivity contribution in [3.8, 4) is 22.5 Å². The summed E-state index contributed by atoms with van der Waals surface area (Å²) in [5, 5.41) is 14.6. The molecule has 1 aromatic heterocycles. The Kier molecular flexibility index (Phi) is 7.56. The van der Waals surface area contributed by atoms with E-state index in [1.807, 2.05) is 32.0 Å². The highest BCUT2D eigenvalue weighted by Gasteiger charge is 2.44. The van der Waals surface area contributed by atoms with Gasteiger partial charge in [0, 0.05) is 24.2 Å². The van der Waals surface area contributed by atoms with Gasteiger partial charge in [-0.25, -0.2) is 0 Å². The molecule has 1 saturated carbocycles. The number of H-pyrrole nitrogens is 1. The van der Waals surface area contributed by atoms with Crippen molar-refractivity contribution < 1.29 is 0 Å². The van der Waals surface area contributed by atoms with Crippen molar-refractivity contribution in [2.45, 2.75) is 77.8 Å². The first-order valence-electron chi connectivity index (χ1n) is 12.7. The number of aliphatic imine (C=N–C) groups is 1. The van der Waals surface area contributed by atoms with Crippen LogP contribution in [0.3, 0.4) is 0 Å². The second-order valence-corrected chi connectivity index (χ2v) is 8.88. The first-order chi connectivity index (χ1) is 16.7. The molecule has 1 N–H and O–H groups in total. The lowest BCUT2D eigenvalue weighted by molar-refractivity contribution is 0.424. The van der Waals surface area contributed by atoms with Gasteiger partial charge in [-0.05, 0) is 41.2 Å². The number of benzene rings is 2. The molecule has 0 radical (unpaired) electrons. The van der Waals surface area contributed by atoms with E-state index >= 15 is 0 Å². The Morgan fingerprint density at radius 3 is 2.35 bits per heavy atom. The summed E-state index contributed by atoms with van der Waals surface area (Å²) in [6, 6.07) is 17.0. The molecule has 1 spiro atoms. The van der Waals surface area contributed by atoms with E-state index in [2.05, 4.69) is 69.4 Å². The highest BCUT2D eigenvalue weighted by atomic mass is 15.5. The maximum atomic E-state index is 5.24. The highest BCUT2D eigenvalue weighted by molar-refractivity contribution is 5.87. The van der Waals surface area contributed by atoms with Gasteiger partial charge in [0.05, 0.1) is 0 Å². The summed E-state index contributed by atoms with van der Waals surface area (Å²) in [5.74, 6) is 1.84. The molecule has 1 aliphatic heterocycles. The fourth-order valence-electron chi connectivity index (χ4n) is 5.03. The van der Waals surface area contributed by atoms with Crippen molar-refractivity contribution in [1.82, 2.24) is 25.5 Å². The van der Waals surface area contributed by atoms with Crippen molar-refractivity contribution in [3.63, 3.8) is 0 Å². The third-order valence-corrected chi connectivity index (χ3v) is 6.82. The molecule has 0 bridgehead atoms. The van der Waals surface area contributed by atoms with Crippen LogP contribution in [-0.2, 0) is 6.54 Å². The van der Waals surface area contributed by atoms with Crippen molar-refractivity contribution in [2.24, 2.45) is 4.99 Å². The minimum Gasteiger partial charge on any atom is -0.328 e. The topological polar surface area (TPSA) is 70.1 Å². The van der Waals surface area contributed by atoms with Crippen molar-refractivity contribution in [2.75, 3.05) is 0 Å². The third-order valence-electron chi connectivity index (χ3n) is 6.82. The molecule has 0 amide bonds. The molecule has 0 unspecified atom stereocenters. The SMILES string of the molecule is C=C1N(Cc2ccc(-c3ccccc3-c3nn[nH]n3)cc2)C(CCCC)=NC12CCCC2.CC. The van der Waals surface area contributed by atoms with Crippen LogP contribution >= 0.6 is 0 Å². The molecular weight excluding hydrogens is 420 g/mol. The summed E-state index contributed by atoms with van der Waals surface area (Å²) in [7, 11) is 0. The number of nitrogens with zero attached hydrogens (tertiary/aromatic N) is 5. The molecule has 34 heavy (non-hydrogen) atoms. The van der Waals surface area contributed by atoms with E-state index in [-0.39, 0.29) is 5.54 Å². The normalized spacial score (nSPS) is 16.5. The van der Waals surface area contributed by atoms with Gasteiger partial charge in [-0.1, -0.05) is 95.1 Å². The number of aromatic amines is 1. The maximum absolute atomic E-state index is 5.24. The van der Waals surface area contributed by atoms with Crippen LogP contribution in [-0.4, -0.2) is 36.9 Å². The number of rotatable bonds is 7. The molecule has 2 heterocycles. The number of unbranched alkanes of at least 4 members (excludes halogenated alkanes) is 1. The first-order valence-corrected chi connectivity index (χ1v) is 12.7. The lowest BCUT2D eigenvalue weighted by Gasteiger charge is -2.27. The molecule has 2 aromatic carbocycles. The molecular formula is C28H36N6. The summed E-state index contributed by atoms with van der Waals surface area (Å²) < 4.78 is 0. The molecule has 6 heteroatoms. The predicted molar refractivity (Wildman–Crippen MR) is 139 cm³/mol. The standard InChI is InChI=1S/C26H30N6.C2H6/c1-3-4-11-24-27-26(16-7-8-17-26)19(2)32(24)18-20-12-14-21(15-13-20)22-9-5-6-10-23(22)25-28-30-31-29-25;1-2/h5-6,9-10,12-15H,2-4,7-8,11,16-18H2,1H3,(H,28,29,30,31);1-2H3. The summed E-state index contributed by atoms with van der Waals surface area (Å²) in [5.41, 5.74) is 5.65. The maximum Gasteiger partial charge on any atom is 0.205 e. The third kappa shape index (κ3) is 4.67. The Morgan fingerprint density at radius 1 is 1.00 bits per heavy atom. The van der Waals surface area contributed by atoms with E-state index in [4.69, 9.17) is 4.99 Å². The Hall–Kier alpha value is -3.28. The quantitative estimate of drug-likeness (QED) is 0.425. The van der Waals surface area contributed by atoms with Crippen LogP contribution in [0.2, 0.25) is 0 Å². The number of nitrogens with one attached hydrogen (secondary N) is 1. The summed E-state index contributed by atoms with van der Waals surface area (Å²) in [4.78, 5) is 7.63. The molecule has 178 valence electrons. The number of tetrazole rings is 1. The Bertz CT molecular complexity index is 1110. The fourth-order valence-corrected chi connectivity index (χ4v) is 5.03. The molecule has 1 fully saturated rings. The summed E-state index contributed by atoms with van der Waals surface area (Å²) in [6.45, 7) is 11.6. The zero-order chi connectivity index (χ0) is 24.0. The molecule has 6 nitrogen and oxygen atoms in total. The van der Waals surface area contributed by atoms with Crippen LogP contribution in [0.4, 0.5) is 0 Å². The lowest BCUT2D eigenvalue weighted by Crippen LogP contribution is -2.30. The summed E-state index contributed by atoms with van der Waals surface area (Å²) in [6.07, 6.45) is 8.18. The first kappa shape index (κ1) is 23.9. The molecule has 5 rings (SSSR count). The van der Waals surface area contributed by atoms with Gasteiger partial charge in [0.2, 0.25) is 5.82 Å². The average molecular weight is 457 g/mol. The highest BCUT2D eigenvalue weighted by Crippen LogP contribution is 2.45. The Labute approximate surface area is 203 Å². The van der Waals surface area contributed by atoms with Gasteiger partial charge in [-0.15, -0.1) is 10.2 Å². The number of hydrogen-bond acceptors (Lipinski definition) is 5. The minimum absolute atomic E-state index is 0.0352. The van der Waals surface area contributed by atoms with E-state index in [1.54, 1.807) is 0 Å². The molecule has 0 saturated heterocycles.